The van der Waals surface area contributed by atoms with Crippen molar-refractivity contribution in [3.63, 3.8) is 0 Å². The number of hydrogen-bond donors (Lipinski definition) is 2. The van der Waals surface area contributed by atoms with Crippen molar-refractivity contribution in [3.05, 3.63) is 95.9 Å². The van der Waals surface area contributed by atoms with Crippen LogP contribution in [0.5, 0.6) is 0 Å². The maximum Gasteiger partial charge on any atom is 0.255 e. The summed E-state index contributed by atoms with van der Waals surface area (Å²) < 4.78 is 0. The molecule has 2 N–H and O–H groups in total. The van der Waals surface area contributed by atoms with Crippen molar-refractivity contribution in [2.45, 2.75) is 13.5 Å². The Morgan fingerprint density at radius 3 is 2.50 bits per heavy atom. The molecule has 3 heterocycles. The summed E-state index contributed by atoms with van der Waals surface area (Å²) in [5.74, 6) is 0.333. The fraction of sp³-hybridized carbons (Fsp3) is 0.241. The number of carbonyl (C=O) groups is 1. The van der Waals surface area contributed by atoms with E-state index in [1.54, 1.807) is 18.6 Å². The number of aryl methyl sites for hydroxylation is 1. The number of amides is 1. The average Bonchev–Trinajstić information content (AvgIpc) is 2.93. The molecule has 0 atom stereocenters. The summed E-state index contributed by atoms with van der Waals surface area (Å²) in [6, 6.07) is 19.3. The molecule has 9 heteroatoms. The molecule has 1 fully saturated rings. The van der Waals surface area contributed by atoms with Gasteiger partial charge in [0.1, 0.15) is 0 Å². The monoisotopic (exact) mass is 556 g/mol. The molecule has 1 aliphatic rings. The van der Waals surface area contributed by atoms with Gasteiger partial charge in [0.2, 0.25) is 5.95 Å². The van der Waals surface area contributed by atoms with E-state index >= 15 is 0 Å². The molecule has 199 valence electrons. The second kappa shape index (κ2) is 12.8. The maximum atomic E-state index is 12.9. The molecule has 8 nitrogen and oxygen atoms in total. The zero-order chi connectivity index (χ0) is 25.6. The molecule has 5 rings (SSSR count). The topological polar surface area (TPSA) is 86.3 Å². The van der Waals surface area contributed by atoms with E-state index < -0.39 is 0 Å². The zero-order valence-corrected chi connectivity index (χ0v) is 22.4. The van der Waals surface area contributed by atoms with Crippen LogP contribution in [0.15, 0.2) is 79.3 Å². The SMILES string of the molecule is Cc1ccc(NC(=O)c2ccc(CN3CCN(C)CC3)cc2)cc1Nc1nccc(-c2cccnc2)n1.[Cu]. The van der Waals surface area contributed by atoms with Crippen molar-refractivity contribution < 1.29 is 21.9 Å². The van der Waals surface area contributed by atoms with Crippen LogP contribution in [0.4, 0.5) is 17.3 Å². The van der Waals surface area contributed by atoms with Gasteiger partial charge in [-0.25, -0.2) is 9.97 Å². The van der Waals surface area contributed by atoms with Crippen LogP contribution in [0.2, 0.25) is 0 Å². The summed E-state index contributed by atoms with van der Waals surface area (Å²) in [4.78, 5) is 30.9. The Balaban J connectivity index is 0.00000336. The molecule has 1 aliphatic heterocycles. The van der Waals surface area contributed by atoms with E-state index in [1.807, 2.05) is 67.6 Å². The van der Waals surface area contributed by atoms with Crippen molar-refractivity contribution in [1.29, 1.82) is 0 Å². The maximum absolute atomic E-state index is 12.9. The van der Waals surface area contributed by atoms with Crippen molar-refractivity contribution >= 4 is 23.2 Å². The molecule has 1 radical (unpaired) electrons. The second-order valence-corrected chi connectivity index (χ2v) is 9.39. The quantitative estimate of drug-likeness (QED) is 0.322. The van der Waals surface area contributed by atoms with Crippen LogP contribution in [0.1, 0.15) is 21.5 Å². The third-order valence-electron chi connectivity index (χ3n) is 6.57. The van der Waals surface area contributed by atoms with Gasteiger partial charge in [-0.3, -0.25) is 14.7 Å². The van der Waals surface area contributed by atoms with Gasteiger partial charge < -0.3 is 15.5 Å². The van der Waals surface area contributed by atoms with E-state index in [0.29, 0.717) is 17.2 Å². The van der Waals surface area contributed by atoms with Gasteiger partial charge in [-0.15, -0.1) is 0 Å². The van der Waals surface area contributed by atoms with Gasteiger partial charge in [0.05, 0.1) is 5.69 Å². The number of anilines is 3. The fourth-order valence-corrected chi connectivity index (χ4v) is 4.28. The summed E-state index contributed by atoms with van der Waals surface area (Å²) in [5, 5.41) is 6.29. The number of hydrogen-bond acceptors (Lipinski definition) is 7. The summed E-state index contributed by atoms with van der Waals surface area (Å²) in [7, 11) is 2.16. The van der Waals surface area contributed by atoms with Gasteiger partial charge >= 0.3 is 0 Å². The van der Waals surface area contributed by atoms with Gasteiger partial charge in [0.25, 0.3) is 5.91 Å². The minimum absolute atomic E-state index is 0. The van der Waals surface area contributed by atoms with E-state index in [9.17, 15) is 4.79 Å². The molecule has 4 aromatic rings. The number of nitrogens with zero attached hydrogens (tertiary/aromatic N) is 5. The van der Waals surface area contributed by atoms with Crippen molar-refractivity contribution in [1.82, 2.24) is 24.8 Å². The van der Waals surface area contributed by atoms with Crippen LogP contribution in [-0.2, 0) is 23.6 Å². The molecule has 0 saturated carbocycles. The number of likely N-dealkylation sites (N-methyl/N-ethyl adjacent to an activating group) is 1. The Morgan fingerprint density at radius 2 is 1.76 bits per heavy atom. The number of rotatable bonds is 7. The number of carbonyl (C=O) groups excluding carboxylic acids is 1. The van der Waals surface area contributed by atoms with Gasteiger partial charge in [-0.1, -0.05) is 18.2 Å². The molecule has 0 unspecified atom stereocenters. The van der Waals surface area contributed by atoms with Gasteiger partial charge in [0.15, 0.2) is 0 Å². The summed E-state index contributed by atoms with van der Waals surface area (Å²) in [5.41, 5.74) is 6.08. The molecule has 0 spiro atoms. The minimum Gasteiger partial charge on any atom is -0.324 e. The van der Waals surface area contributed by atoms with Crippen molar-refractivity contribution in [2.24, 2.45) is 0 Å². The molecular weight excluding hydrogens is 526 g/mol. The molecule has 38 heavy (non-hydrogen) atoms. The van der Waals surface area contributed by atoms with E-state index in [0.717, 1.165) is 55.2 Å². The molecule has 1 saturated heterocycles. The minimum atomic E-state index is -0.143. The summed E-state index contributed by atoms with van der Waals surface area (Å²) in [6.07, 6.45) is 5.22. The first kappa shape index (κ1) is 27.4. The average molecular weight is 557 g/mol. The first-order chi connectivity index (χ1) is 18.0. The molecule has 1 amide bonds. The molecule has 0 aliphatic carbocycles. The standard InChI is InChI=1S/C29H31N7O.Cu/c1-21-5-10-25(18-27(21)34-29-31-13-11-26(33-29)24-4-3-12-30-19-24)32-28(37)23-8-6-22(7-9-23)20-36-16-14-35(2)15-17-36;/h3-13,18-19H,14-17,20H2,1-2H3,(H,32,37)(H,31,33,34);. The molecule has 0 bridgehead atoms. The van der Waals surface area contributed by atoms with Crippen molar-refractivity contribution in [2.75, 3.05) is 43.9 Å². The summed E-state index contributed by atoms with van der Waals surface area (Å²) >= 11 is 0. The van der Waals surface area contributed by atoms with Gasteiger partial charge in [-0.05, 0) is 67.6 Å². The first-order valence-electron chi connectivity index (χ1n) is 12.5. The number of piperazine rings is 1. The Kier molecular flexibility index (Phi) is 9.20. The largest absolute Gasteiger partial charge is 0.324 e. The van der Waals surface area contributed by atoms with E-state index in [1.165, 1.54) is 5.56 Å². The van der Waals surface area contributed by atoms with E-state index in [-0.39, 0.29) is 23.0 Å². The van der Waals surface area contributed by atoms with Crippen molar-refractivity contribution in [3.8, 4) is 11.3 Å². The van der Waals surface area contributed by atoms with Crippen LogP contribution >= 0.6 is 0 Å². The Labute approximate surface area is 234 Å². The van der Waals surface area contributed by atoms with Gasteiger partial charge in [0, 0.05) is 90.9 Å². The van der Waals surface area contributed by atoms with Crippen LogP contribution in [0.3, 0.4) is 0 Å². The third kappa shape index (κ3) is 7.02. The normalized spacial score (nSPS) is 13.9. The molecule has 2 aromatic carbocycles. The number of pyridine rings is 1. The van der Waals surface area contributed by atoms with Crippen LogP contribution in [-0.4, -0.2) is 63.9 Å². The summed E-state index contributed by atoms with van der Waals surface area (Å²) in [6.45, 7) is 7.24. The van der Waals surface area contributed by atoms with Gasteiger partial charge in [-0.2, -0.15) is 0 Å². The molecular formula is C29H31CuN7O. The Bertz CT molecular complexity index is 1360. The Morgan fingerprint density at radius 1 is 0.974 bits per heavy atom. The van der Waals surface area contributed by atoms with E-state index in [4.69, 9.17) is 0 Å². The molecule has 2 aromatic heterocycles. The first-order valence-corrected chi connectivity index (χ1v) is 12.5. The second-order valence-electron chi connectivity index (χ2n) is 9.39. The third-order valence-corrected chi connectivity index (χ3v) is 6.57. The predicted octanol–water partition coefficient (Wildman–Crippen LogP) is 4.59. The number of nitrogens with one attached hydrogen (secondary N) is 2. The number of benzene rings is 2. The number of aromatic nitrogens is 3. The predicted molar refractivity (Wildman–Crippen MR) is 147 cm³/mol. The fourth-order valence-electron chi connectivity index (χ4n) is 4.28. The Hall–Kier alpha value is -3.62. The van der Waals surface area contributed by atoms with Crippen LogP contribution < -0.4 is 10.6 Å². The smallest absolute Gasteiger partial charge is 0.255 e. The van der Waals surface area contributed by atoms with E-state index in [2.05, 4.69) is 42.4 Å². The van der Waals surface area contributed by atoms with Crippen LogP contribution in [0.25, 0.3) is 11.3 Å². The zero-order valence-electron chi connectivity index (χ0n) is 21.5. The van der Waals surface area contributed by atoms with Crippen LogP contribution in [0, 0.1) is 6.92 Å².